The number of aryl methyl sites for hydroxylation is 1. The van der Waals surface area contributed by atoms with E-state index in [-0.39, 0.29) is 24.9 Å². The summed E-state index contributed by atoms with van der Waals surface area (Å²) in [4.78, 5) is 28.3. The van der Waals surface area contributed by atoms with Crippen molar-refractivity contribution in [2.45, 2.75) is 13.5 Å². The molecule has 6 heteroatoms. The Morgan fingerprint density at radius 3 is 2.94 bits per heavy atom. The second kappa shape index (κ2) is 4.34. The monoisotopic (exact) mass is 222 g/mol. The Hall–Kier alpha value is -1.85. The molecule has 0 radical (unpaired) electrons. The van der Waals surface area contributed by atoms with Gasteiger partial charge < -0.3 is 14.8 Å². The van der Waals surface area contributed by atoms with Gasteiger partial charge >= 0.3 is 0 Å². The fraction of sp³-hybridized carbons (Fsp3) is 0.500. The molecular formula is C10H14N4O2. The van der Waals surface area contributed by atoms with Crippen molar-refractivity contribution < 1.29 is 9.59 Å². The Morgan fingerprint density at radius 2 is 2.25 bits per heavy atom. The van der Waals surface area contributed by atoms with Crippen LogP contribution in [0.2, 0.25) is 0 Å². The molecule has 1 saturated heterocycles. The van der Waals surface area contributed by atoms with Crippen molar-refractivity contribution in [3.8, 4) is 0 Å². The number of aromatic nitrogens is 2. The fourth-order valence-electron chi connectivity index (χ4n) is 1.68. The third-order valence-corrected chi connectivity index (χ3v) is 2.66. The summed E-state index contributed by atoms with van der Waals surface area (Å²) in [5.41, 5.74) is 0. The molecule has 1 aliphatic heterocycles. The van der Waals surface area contributed by atoms with Crippen LogP contribution in [-0.2, 0) is 16.1 Å². The van der Waals surface area contributed by atoms with E-state index in [0.29, 0.717) is 13.1 Å². The molecule has 2 heterocycles. The summed E-state index contributed by atoms with van der Waals surface area (Å²) in [5, 5.41) is 2.52. The van der Waals surface area contributed by atoms with Crippen LogP contribution in [0.1, 0.15) is 5.82 Å². The molecule has 0 aliphatic carbocycles. The summed E-state index contributed by atoms with van der Waals surface area (Å²) in [6.07, 6.45) is 3.59. The molecule has 1 aliphatic rings. The van der Waals surface area contributed by atoms with Crippen LogP contribution in [0.5, 0.6) is 0 Å². The van der Waals surface area contributed by atoms with E-state index in [1.54, 1.807) is 11.1 Å². The highest BCUT2D eigenvalue weighted by Crippen LogP contribution is 1.99. The summed E-state index contributed by atoms with van der Waals surface area (Å²) in [6, 6.07) is 0. The predicted molar refractivity (Wildman–Crippen MR) is 56.6 cm³/mol. The first-order valence-electron chi connectivity index (χ1n) is 5.19. The van der Waals surface area contributed by atoms with Gasteiger partial charge in [-0.2, -0.15) is 0 Å². The van der Waals surface area contributed by atoms with Gasteiger partial charge in [-0.15, -0.1) is 0 Å². The van der Waals surface area contributed by atoms with Crippen LogP contribution in [0.25, 0.3) is 0 Å². The van der Waals surface area contributed by atoms with Gasteiger partial charge in [0.2, 0.25) is 11.8 Å². The van der Waals surface area contributed by atoms with E-state index in [2.05, 4.69) is 10.3 Å². The highest BCUT2D eigenvalue weighted by atomic mass is 16.2. The molecule has 16 heavy (non-hydrogen) atoms. The van der Waals surface area contributed by atoms with Crippen LogP contribution >= 0.6 is 0 Å². The van der Waals surface area contributed by atoms with Gasteiger partial charge in [0, 0.05) is 25.5 Å². The zero-order valence-corrected chi connectivity index (χ0v) is 9.14. The van der Waals surface area contributed by atoms with E-state index in [1.165, 1.54) is 0 Å². The molecule has 0 spiro atoms. The Kier molecular flexibility index (Phi) is 2.89. The predicted octanol–water partition coefficient (Wildman–Crippen LogP) is -0.850. The second-order valence-electron chi connectivity index (χ2n) is 3.76. The first kappa shape index (κ1) is 10.7. The van der Waals surface area contributed by atoms with E-state index in [9.17, 15) is 9.59 Å². The quantitative estimate of drug-likeness (QED) is 0.724. The number of nitrogens with one attached hydrogen (secondary N) is 1. The third kappa shape index (κ3) is 2.21. The largest absolute Gasteiger partial charge is 0.345 e. The molecule has 0 atom stereocenters. The minimum Gasteiger partial charge on any atom is -0.345 e. The minimum absolute atomic E-state index is 0.0302. The summed E-state index contributed by atoms with van der Waals surface area (Å²) in [7, 11) is 0. The van der Waals surface area contributed by atoms with Crippen LogP contribution in [-0.4, -0.2) is 45.9 Å². The first-order chi connectivity index (χ1) is 7.66. The van der Waals surface area contributed by atoms with Crippen molar-refractivity contribution in [1.29, 1.82) is 0 Å². The average Bonchev–Trinajstić information content (AvgIpc) is 2.66. The number of rotatable bonds is 3. The van der Waals surface area contributed by atoms with Crippen molar-refractivity contribution in [1.82, 2.24) is 19.8 Å². The Balaban J connectivity index is 1.92. The number of hydrogen-bond donors (Lipinski definition) is 1. The fourth-order valence-corrected chi connectivity index (χ4v) is 1.68. The van der Waals surface area contributed by atoms with Crippen LogP contribution < -0.4 is 5.32 Å². The third-order valence-electron chi connectivity index (χ3n) is 2.66. The highest BCUT2D eigenvalue weighted by Gasteiger charge is 2.22. The second-order valence-corrected chi connectivity index (χ2v) is 3.76. The lowest BCUT2D eigenvalue weighted by atomic mass is 10.3. The van der Waals surface area contributed by atoms with Gasteiger partial charge in [-0.1, -0.05) is 0 Å². The molecule has 2 amide bonds. The SMILES string of the molecule is Cc1nccn1CCN1CC(=O)NCC1=O. The lowest BCUT2D eigenvalue weighted by molar-refractivity contribution is -0.140. The zero-order chi connectivity index (χ0) is 11.5. The summed E-state index contributed by atoms with van der Waals surface area (Å²) >= 11 is 0. The number of nitrogens with zero attached hydrogens (tertiary/aromatic N) is 3. The van der Waals surface area contributed by atoms with Crippen LogP contribution in [0.15, 0.2) is 12.4 Å². The number of amides is 2. The smallest absolute Gasteiger partial charge is 0.242 e. The van der Waals surface area contributed by atoms with Crippen molar-refractivity contribution in [3.05, 3.63) is 18.2 Å². The molecule has 86 valence electrons. The van der Waals surface area contributed by atoms with E-state index < -0.39 is 0 Å². The molecule has 1 aromatic rings. The standard InChI is InChI=1S/C10H14N4O2/c1-8-11-2-3-13(8)4-5-14-7-9(15)12-6-10(14)16/h2-3H,4-7H2,1H3,(H,12,15). The van der Waals surface area contributed by atoms with Gasteiger partial charge in [0.25, 0.3) is 0 Å². The number of imidazole rings is 1. The highest BCUT2D eigenvalue weighted by molar-refractivity contribution is 5.92. The van der Waals surface area contributed by atoms with E-state index in [4.69, 9.17) is 0 Å². The molecule has 2 rings (SSSR count). The van der Waals surface area contributed by atoms with E-state index >= 15 is 0 Å². The van der Waals surface area contributed by atoms with Crippen molar-refractivity contribution in [2.75, 3.05) is 19.6 Å². The number of carbonyl (C=O) groups is 2. The summed E-state index contributed by atoms with van der Waals surface area (Å²) in [6.45, 7) is 3.40. The normalized spacial score (nSPS) is 16.4. The van der Waals surface area contributed by atoms with Gasteiger partial charge in [0.15, 0.2) is 0 Å². The maximum atomic E-state index is 11.5. The Bertz CT molecular complexity index is 413. The summed E-state index contributed by atoms with van der Waals surface area (Å²) in [5.74, 6) is 0.785. The van der Waals surface area contributed by atoms with Gasteiger partial charge in [-0.25, -0.2) is 4.98 Å². The zero-order valence-electron chi connectivity index (χ0n) is 9.14. The maximum Gasteiger partial charge on any atom is 0.242 e. The van der Waals surface area contributed by atoms with Gasteiger partial charge in [-0.3, -0.25) is 9.59 Å². The lowest BCUT2D eigenvalue weighted by Crippen LogP contribution is -2.52. The first-order valence-corrected chi connectivity index (χ1v) is 5.19. The molecule has 1 aromatic heterocycles. The molecule has 1 N–H and O–H groups in total. The topological polar surface area (TPSA) is 67.2 Å². The molecule has 0 unspecified atom stereocenters. The van der Waals surface area contributed by atoms with Crippen molar-refractivity contribution in [3.63, 3.8) is 0 Å². The number of piperazine rings is 1. The average molecular weight is 222 g/mol. The maximum absolute atomic E-state index is 11.5. The Labute approximate surface area is 93.3 Å². The number of hydrogen-bond acceptors (Lipinski definition) is 3. The molecule has 1 fully saturated rings. The van der Waals surface area contributed by atoms with Crippen LogP contribution in [0, 0.1) is 6.92 Å². The van der Waals surface area contributed by atoms with Crippen molar-refractivity contribution in [2.24, 2.45) is 0 Å². The van der Waals surface area contributed by atoms with Gasteiger partial charge in [-0.05, 0) is 6.92 Å². The van der Waals surface area contributed by atoms with Crippen LogP contribution in [0.4, 0.5) is 0 Å². The lowest BCUT2D eigenvalue weighted by Gasteiger charge is -2.26. The Morgan fingerprint density at radius 1 is 1.44 bits per heavy atom. The minimum atomic E-state index is -0.0954. The van der Waals surface area contributed by atoms with Crippen LogP contribution in [0.3, 0.4) is 0 Å². The molecular weight excluding hydrogens is 208 g/mol. The van der Waals surface area contributed by atoms with E-state index in [1.807, 2.05) is 17.7 Å². The summed E-state index contributed by atoms with van der Waals surface area (Å²) < 4.78 is 1.96. The molecule has 0 bridgehead atoms. The van der Waals surface area contributed by atoms with E-state index in [0.717, 1.165) is 5.82 Å². The number of carbonyl (C=O) groups excluding carboxylic acids is 2. The van der Waals surface area contributed by atoms with Crippen molar-refractivity contribution >= 4 is 11.8 Å². The molecule has 0 saturated carbocycles. The molecule has 0 aromatic carbocycles. The molecule has 6 nitrogen and oxygen atoms in total. The van der Waals surface area contributed by atoms with Gasteiger partial charge in [0.05, 0.1) is 13.1 Å². The van der Waals surface area contributed by atoms with Gasteiger partial charge in [0.1, 0.15) is 5.82 Å².